The third-order valence-corrected chi connectivity index (χ3v) is 7.08. The average Bonchev–Trinajstić information content (AvgIpc) is 3.09. The minimum atomic E-state index is -0.0924. The summed E-state index contributed by atoms with van der Waals surface area (Å²) < 4.78 is 2.63. The van der Waals surface area contributed by atoms with Gasteiger partial charge in [0.05, 0.1) is 18.0 Å². The molecule has 2 fully saturated rings. The van der Waals surface area contributed by atoms with Gasteiger partial charge in [0.2, 0.25) is 16.9 Å². The highest BCUT2D eigenvalue weighted by Crippen LogP contribution is 2.36. The lowest BCUT2D eigenvalue weighted by molar-refractivity contribution is -0.118. The van der Waals surface area contributed by atoms with Gasteiger partial charge >= 0.3 is 0 Å². The zero-order valence-electron chi connectivity index (χ0n) is 15.8. The average molecular weight is 421 g/mol. The van der Waals surface area contributed by atoms with Crippen molar-refractivity contribution in [2.24, 2.45) is 0 Å². The summed E-state index contributed by atoms with van der Waals surface area (Å²) >= 11 is 2.72. The number of hydrogen-bond acceptors (Lipinski definition) is 7. The van der Waals surface area contributed by atoms with Crippen LogP contribution in [-0.4, -0.2) is 43.6 Å². The van der Waals surface area contributed by atoms with Crippen LogP contribution in [0.25, 0.3) is 0 Å². The Hall–Kier alpha value is -1.94. The van der Waals surface area contributed by atoms with Crippen molar-refractivity contribution in [3.05, 3.63) is 12.3 Å². The normalized spacial score (nSPS) is 17.0. The van der Waals surface area contributed by atoms with Crippen LogP contribution in [0.1, 0.15) is 57.9 Å². The fraction of sp³-hybridized carbons (Fsp3) is 0.611. The summed E-state index contributed by atoms with van der Waals surface area (Å²) in [6.07, 6.45) is 8.87. The summed E-state index contributed by atoms with van der Waals surface area (Å²) in [5.74, 6) is 0.984. The molecule has 10 heteroatoms. The van der Waals surface area contributed by atoms with Crippen molar-refractivity contribution in [2.75, 3.05) is 16.0 Å². The maximum Gasteiger partial charge on any atom is 0.235 e. The molecule has 0 aromatic carbocycles. The van der Waals surface area contributed by atoms with Crippen LogP contribution in [0.4, 0.5) is 10.9 Å². The zero-order chi connectivity index (χ0) is 19.5. The predicted octanol–water partition coefficient (Wildman–Crippen LogP) is 3.49. The van der Waals surface area contributed by atoms with Gasteiger partial charge in [0.25, 0.3) is 0 Å². The molecular formula is C18H24N6O2S2. The highest BCUT2D eigenvalue weighted by molar-refractivity contribution is 8.01. The third-order valence-electron chi connectivity index (χ3n) is 5.02. The zero-order valence-corrected chi connectivity index (χ0v) is 17.5. The van der Waals surface area contributed by atoms with E-state index in [2.05, 4.69) is 20.6 Å². The van der Waals surface area contributed by atoms with E-state index in [4.69, 9.17) is 0 Å². The van der Waals surface area contributed by atoms with Gasteiger partial charge in [0.1, 0.15) is 5.82 Å². The lowest BCUT2D eigenvalue weighted by atomic mass is 10.2. The molecule has 0 aliphatic heterocycles. The third kappa shape index (κ3) is 4.38. The van der Waals surface area contributed by atoms with Crippen molar-refractivity contribution < 1.29 is 9.59 Å². The molecule has 4 rings (SSSR count). The second-order valence-electron chi connectivity index (χ2n) is 7.14. The molecule has 2 aromatic heterocycles. The van der Waals surface area contributed by atoms with Crippen molar-refractivity contribution in [2.45, 2.75) is 68.3 Å². The first-order valence-electron chi connectivity index (χ1n) is 9.77. The van der Waals surface area contributed by atoms with Crippen molar-refractivity contribution >= 4 is 45.9 Å². The Morgan fingerprint density at radius 3 is 2.79 bits per heavy atom. The van der Waals surface area contributed by atoms with E-state index in [0.717, 1.165) is 31.5 Å². The summed E-state index contributed by atoms with van der Waals surface area (Å²) in [7, 11) is 0. The van der Waals surface area contributed by atoms with Gasteiger partial charge in [-0.05, 0) is 25.7 Å². The fourth-order valence-electron chi connectivity index (χ4n) is 3.49. The van der Waals surface area contributed by atoms with Gasteiger partial charge in [0, 0.05) is 18.5 Å². The van der Waals surface area contributed by atoms with E-state index in [1.54, 1.807) is 11.1 Å². The van der Waals surface area contributed by atoms with Crippen molar-refractivity contribution in [3.63, 3.8) is 0 Å². The smallest absolute Gasteiger partial charge is 0.235 e. The molecule has 8 nitrogen and oxygen atoms in total. The molecule has 2 aliphatic rings. The molecule has 0 unspecified atom stereocenters. The van der Waals surface area contributed by atoms with E-state index < -0.39 is 0 Å². The second-order valence-corrected chi connectivity index (χ2v) is 9.31. The number of carbonyl (C=O) groups excluding carboxylic acids is 2. The fourth-order valence-corrected chi connectivity index (χ4v) is 5.22. The van der Waals surface area contributed by atoms with Crippen LogP contribution >= 0.6 is 23.1 Å². The molecule has 1 N–H and O–H groups in total. The van der Waals surface area contributed by atoms with Crippen LogP contribution in [0.3, 0.4) is 0 Å². The van der Waals surface area contributed by atoms with E-state index in [0.29, 0.717) is 21.9 Å². The van der Waals surface area contributed by atoms with E-state index >= 15 is 0 Å². The quantitative estimate of drug-likeness (QED) is 0.519. The van der Waals surface area contributed by atoms with Crippen LogP contribution in [-0.2, 0) is 9.59 Å². The first-order chi connectivity index (χ1) is 13.7. The first-order valence-corrected chi connectivity index (χ1v) is 11.6. The predicted molar refractivity (Wildman–Crippen MR) is 110 cm³/mol. The summed E-state index contributed by atoms with van der Waals surface area (Å²) in [6, 6.07) is 2.49. The number of nitrogens with one attached hydrogen (secondary N) is 1. The highest BCUT2D eigenvalue weighted by Gasteiger charge is 2.35. The van der Waals surface area contributed by atoms with Gasteiger partial charge in [-0.25, -0.2) is 4.68 Å². The number of carbonyl (C=O) groups is 2. The summed E-state index contributed by atoms with van der Waals surface area (Å²) in [4.78, 5) is 26.3. The Kier molecular flexibility index (Phi) is 5.96. The van der Waals surface area contributed by atoms with Crippen LogP contribution < -0.4 is 10.2 Å². The summed E-state index contributed by atoms with van der Waals surface area (Å²) in [5, 5.41) is 16.3. The Morgan fingerprint density at radius 2 is 2.07 bits per heavy atom. The number of amides is 2. The summed E-state index contributed by atoms with van der Waals surface area (Å²) in [6.45, 7) is 1.86. The molecule has 0 saturated heterocycles. The minimum absolute atomic E-state index is 0.0770. The Morgan fingerprint density at radius 1 is 1.29 bits per heavy atom. The largest absolute Gasteiger partial charge is 0.310 e. The molecular weight excluding hydrogens is 396 g/mol. The van der Waals surface area contributed by atoms with E-state index in [1.807, 2.05) is 17.7 Å². The molecule has 2 heterocycles. The van der Waals surface area contributed by atoms with Gasteiger partial charge in [-0.3, -0.25) is 14.5 Å². The molecule has 0 radical (unpaired) electrons. The Bertz CT molecular complexity index is 841. The molecule has 150 valence electrons. The summed E-state index contributed by atoms with van der Waals surface area (Å²) in [5.41, 5.74) is 0. The molecule has 2 saturated carbocycles. The lowest BCUT2D eigenvalue weighted by Gasteiger charge is -2.17. The van der Waals surface area contributed by atoms with Crippen LogP contribution in [0.5, 0.6) is 0 Å². The van der Waals surface area contributed by atoms with Gasteiger partial charge in [-0.1, -0.05) is 42.9 Å². The second kappa shape index (κ2) is 8.60. The first kappa shape index (κ1) is 19.4. The van der Waals surface area contributed by atoms with E-state index in [-0.39, 0.29) is 23.6 Å². The van der Waals surface area contributed by atoms with Crippen LogP contribution in [0.15, 0.2) is 16.6 Å². The number of aromatic nitrogens is 4. The molecule has 0 bridgehead atoms. The van der Waals surface area contributed by atoms with Crippen molar-refractivity contribution in [1.82, 2.24) is 20.0 Å². The molecule has 2 aromatic rings. The maximum absolute atomic E-state index is 12.4. The number of hydrogen-bond donors (Lipinski definition) is 1. The monoisotopic (exact) mass is 420 g/mol. The maximum atomic E-state index is 12.4. The minimum Gasteiger partial charge on any atom is -0.310 e. The van der Waals surface area contributed by atoms with Crippen molar-refractivity contribution in [1.29, 1.82) is 0 Å². The van der Waals surface area contributed by atoms with Gasteiger partial charge in [0.15, 0.2) is 4.34 Å². The van der Waals surface area contributed by atoms with E-state index in [1.165, 1.54) is 35.9 Å². The van der Waals surface area contributed by atoms with Gasteiger partial charge < -0.3 is 5.32 Å². The molecule has 0 atom stereocenters. The lowest BCUT2D eigenvalue weighted by Crippen LogP contribution is -2.32. The molecule has 0 spiro atoms. The Balaban J connectivity index is 1.33. The van der Waals surface area contributed by atoms with Crippen LogP contribution in [0.2, 0.25) is 0 Å². The number of rotatable bonds is 8. The van der Waals surface area contributed by atoms with Gasteiger partial charge in [-0.2, -0.15) is 5.10 Å². The Labute approximate surface area is 172 Å². The van der Waals surface area contributed by atoms with Gasteiger partial charge in [-0.15, -0.1) is 10.2 Å². The van der Waals surface area contributed by atoms with Crippen LogP contribution in [0, 0.1) is 0 Å². The topological polar surface area (TPSA) is 93.0 Å². The molecule has 2 amide bonds. The highest BCUT2D eigenvalue weighted by atomic mass is 32.2. The number of anilines is 2. The molecule has 28 heavy (non-hydrogen) atoms. The standard InChI is InChI=1S/C18H24N6O2S2/c1-2-16(26)23(12-7-8-12)17-21-22-18(28-17)27-11-15(25)20-14-9-10-19-24(14)13-5-3-4-6-13/h9-10,12-13H,2-8,11H2,1H3,(H,20,25). The number of nitrogens with zero attached hydrogens (tertiary/aromatic N) is 5. The number of thioether (sulfide) groups is 1. The SMILES string of the molecule is CCC(=O)N(c1nnc(SCC(=O)Nc2ccnn2C2CCCC2)s1)C1CC1. The molecule has 2 aliphatic carbocycles. The van der Waals surface area contributed by atoms with E-state index in [9.17, 15) is 9.59 Å². The van der Waals surface area contributed by atoms with Crippen molar-refractivity contribution in [3.8, 4) is 0 Å².